The molecule has 3 aromatic rings. The van der Waals surface area contributed by atoms with E-state index in [-0.39, 0.29) is 6.01 Å². The number of hydrogen-bond acceptors (Lipinski definition) is 5. The Bertz CT molecular complexity index is 711. The van der Waals surface area contributed by atoms with Crippen LogP contribution < -0.4 is 10.1 Å². The van der Waals surface area contributed by atoms with Gasteiger partial charge in [0.25, 0.3) is 0 Å². The van der Waals surface area contributed by atoms with Crippen LogP contribution in [0.4, 0.5) is 5.69 Å². The summed E-state index contributed by atoms with van der Waals surface area (Å²) in [6.07, 6.45) is 4.99. The highest BCUT2D eigenvalue weighted by Crippen LogP contribution is 2.20. The van der Waals surface area contributed by atoms with Crippen molar-refractivity contribution in [3.8, 4) is 17.4 Å². The van der Waals surface area contributed by atoms with Crippen molar-refractivity contribution in [3.05, 3.63) is 55.1 Å². The van der Waals surface area contributed by atoms with Crippen LogP contribution in [0.15, 0.2) is 55.1 Å². The minimum absolute atomic E-state index is 0.286. The molecule has 0 bridgehead atoms. The summed E-state index contributed by atoms with van der Waals surface area (Å²) in [5, 5.41) is 7.46. The number of ether oxygens (including phenoxy) is 1. The normalized spacial score (nSPS) is 10.3. The van der Waals surface area contributed by atoms with Crippen molar-refractivity contribution in [2.45, 2.75) is 6.92 Å². The van der Waals surface area contributed by atoms with Crippen LogP contribution in [0.5, 0.6) is 11.8 Å². The number of hydrogen-bond donors (Lipinski definition) is 1. The van der Waals surface area contributed by atoms with Crippen LogP contribution in [0.2, 0.25) is 0 Å². The molecule has 2 aromatic heterocycles. The van der Waals surface area contributed by atoms with E-state index in [2.05, 4.69) is 20.4 Å². The lowest BCUT2D eigenvalue weighted by molar-refractivity contribution is 0.440. The first kappa shape index (κ1) is 13.1. The van der Waals surface area contributed by atoms with E-state index in [4.69, 9.17) is 4.74 Å². The van der Waals surface area contributed by atoms with Gasteiger partial charge >= 0.3 is 6.01 Å². The summed E-state index contributed by atoms with van der Waals surface area (Å²) in [4.78, 5) is 8.26. The fraction of sp³-hybridized carbons (Fsp3) is 0.133. The number of aromatic nitrogens is 4. The average Bonchev–Trinajstić information content (AvgIpc) is 2.97. The van der Waals surface area contributed by atoms with Crippen LogP contribution in [-0.2, 0) is 0 Å². The van der Waals surface area contributed by atoms with Crippen LogP contribution in [0, 0.1) is 0 Å². The van der Waals surface area contributed by atoms with Crippen molar-refractivity contribution in [1.82, 2.24) is 19.7 Å². The standard InChI is InChI=1S/C15H15N5O/c1-2-17-12-8-14(10-16-9-12)21-15-18-11-20(19-15)13-6-4-3-5-7-13/h3-11,17H,2H2,1H3. The largest absolute Gasteiger partial charge is 0.421 e. The molecule has 3 rings (SSSR count). The van der Waals surface area contributed by atoms with Gasteiger partial charge < -0.3 is 10.1 Å². The Morgan fingerprint density at radius 2 is 2.05 bits per heavy atom. The van der Waals surface area contributed by atoms with E-state index in [1.807, 2.05) is 43.3 Å². The SMILES string of the molecule is CCNc1cncc(Oc2ncn(-c3ccccc3)n2)c1. The molecule has 0 radical (unpaired) electrons. The number of nitrogens with one attached hydrogen (secondary N) is 1. The minimum Gasteiger partial charge on any atom is -0.421 e. The van der Waals surface area contributed by atoms with E-state index in [0.717, 1.165) is 17.9 Å². The maximum Gasteiger partial charge on any atom is 0.341 e. The molecule has 1 aromatic carbocycles. The van der Waals surface area contributed by atoms with E-state index in [0.29, 0.717) is 5.75 Å². The van der Waals surface area contributed by atoms with Gasteiger partial charge in [0, 0.05) is 12.6 Å². The molecule has 6 nitrogen and oxygen atoms in total. The molecule has 106 valence electrons. The highest BCUT2D eigenvalue weighted by Gasteiger charge is 2.06. The second-order valence-corrected chi connectivity index (χ2v) is 4.35. The summed E-state index contributed by atoms with van der Waals surface area (Å²) < 4.78 is 7.29. The summed E-state index contributed by atoms with van der Waals surface area (Å²) in [6.45, 7) is 2.85. The third-order valence-electron chi connectivity index (χ3n) is 2.79. The molecule has 0 unspecified atom stereocenters. The van der Waals surface area contributed by atoms with E-state index in [9.17, 15) is 0 Å². The number of benzene rings is 1. The molecule has 0 atom stereocenters. The van der Waals surface area contributed by atoms with Crippen molar-refractivity contribution in [2.24, 2.45) is 0 Å². The molecule has 0 amide bonds. The van der Waals surface area contributed by atoms with E-state index < -0.39 is 0 Å². The quantitative estimate of drug-likeness (QED) is 0.779. The molecule has 0 aliphatic carbocycles. The first-order valence-corrected chi connectivity index (χ1v) is 6.69. The average molecular weight is 281 g/mol. The predicted molar refractivity (Wildman–Crippen MR) is 79.8 cm³/mol. The second-order valence-electron chi connectivity index (χ2n) is 4.35. The predicted octanol–water partition coefficient (Wildman–Crippen LogP) is 2.89. The molecule has 0 aliphatic rings. The van der Waals surface area contributed by atoms with Crippen molar-refractivity contribution in [3.63, 3.8) is 0 Å². The van der Waals surface area contributed by atoms with Gasteiger partial charge in [-0.1, -0.05) is 18.2 Å². The van der Waals surface area contributed by atoms with E-state index in [1.165, 1.54) is 0 Å². The molecule has 0 saturated carbocycles. The van der Waals surface area contributed by atoms with Crippen LogP contribution in [0.1, 0.15) is 6.92 Å². The molecule has 0 aliphatic heterocycles. The van der Waals surface area contributed by atoms with Crippen LogP contribution in [0.25, 0.3) is 5.69 Å². The van der Waals surface area contributed by atoms with Gasteiger partial charge in [-0.2, -0.15) is 4.98 Å². The number of nitrogens with zero attached hydrogens (tertiary/aromatic N) is 4. The molecule has 1 N–H and O–H groups in total. The maximum atomic E-state index is 5.62. The Morgan fingerprint density at radius 1 is 1.19 bits per heavy atom. The first-order valence-electron chi connectivity index (χ1n) is 6.69. The molecule has 0 fully saturated rings. The van der Waals surface area contributed by atoms with Gasteiger partial charge in [0.1, 0.15) is 6.33 Å². The minimum atomic E-state index is 0.286. The van der Waals surface area contributed by atoms with Gasteiger partial charge in [-0.25, -0.2) is 4.68 Å². The molecule has 0 spiro atoms. The lowest BCUT2D eigenvalue weighted by Crippen LogP contribution is -1.98. The molecular formula is C15H15N5O. The highest BCUT2D eigenvalue weighted by atomic mass is 16.5. The van der Waals surface area contributed by atoms with Crippen LogP contribution in [0.3, 0.4) is 0 Å². The van der Waals surface area contributed by atoms with Gasteiger partial charge in [-0.05, 0) is 19.1 Å². The summed E-state index contributed by atoms with van der Waals surface area (Å²) in [6, 6.07) is 11.9. The lowest BCUT2D eigenvalue weighted by Gasteiger charge is -2.05. The smallest absolute Gasteiger partial charge is 0.341 e. The molecule has 21 heavy (non-hydrogen) atoms. The van der Waals surface area contributed by atoms with Crippen LogP contribution in [-0.4, -0.2) is 26.3 Å². The molecular weight excluding hydrogens is 266 g/mol. The Hall–Kier alpha value is -2.89. The van der Waals surface area contributed by atoms with Gasteiger partial charge in [0.2, 0.25) is 0 Å². The number of anilines is 1. The highest BCUT2D eigenvalue weighted by molar-refractivity contribution is 5.45. The fourth-order valence-electron chi connectivity index (χ4n) is 1.88. The Labute approximate surface area is 122 Å². The zero-order chi connectivity index (χ0) is 14.5. The van der Waals surface area contributed by atoms with Crippen molar-refractivity contribution in [1.29, 1.82) is 0 Å². The van der Waals surface area contributed by atoms with E-state index in [1.54, 1.807) is 23.4 Å². The number of para-hydroxylation sites is 1. The van der Waals surface area contributed by atoms with Gasteiger partial charge in [-0.3, -0.25) is 4.98 Å². The number of rotatable bonds is 5. The Balaban J connectivity index is 1.77. The molecule has 6 heteroatoms. The summed E-state index contributed by atoms with van der Waals surface area (Å²) in [7, 11) is 0. The van der Waals surface area contributed by atoms with Crippen molar-refractivity contribution < 1.29 is 4.74 Å². The van der Waals surface area contributed by atoms with E-state index >= 15 is 0 Å². The van der Waals surface area contributed by atoms with Crippen molar-refractivity contribution in [2.75, 3.05) is 11.9 Å². The summed E-state index contributed by atoms with van der Waals surface area (Å²) in [5.74, 6) is 0.597. The third kappa shape index (κ3) is 3.17. The fourth-order valence-corrected chi connectivity index (χ4v) is 1.88. The topological polar surface area (TPSA) is 64.9 Å². The van der Waals surface area contributed by atoms with Gasteiger partial charge in [0.05, 0.1) is 23.8 Å². The van der Waals surface area contributed by atoms with Crippen molar-refractivity contribution >= 4 is 5.69 Å². The Morgan fingerprint density at radius 3 is 2.86 bits per heavy atom. The summed E-state index contributed by atoms with van der Waals surface area (Å²) in [5.41, 5.74) is 1.83. The number of pyridine rings is 1. The second kappa shape index (κ2) is 6.04. The zero-order valence-corrected chi connectivity index (χ0v) is 11.6. The van der Waals surface area contributed by atoms with Gasteiger partial charge in [-0.15, -0.1) is 5.10 Å². The zero-order valence-electron chi connectivity index (χ0n) is 11.6. The lowest BCUT2D eigenvalue weighted by atomic mass is 10.3. The Kier molecular flexibility index (Phi) is 3.77. The first-order chi connectivity index (χ1) is 10.3. The van der Waals surface area contributed by atoms with Crippen LogP contribution >= 0.6 is 0 Å². The molecule has 2 heterocycles. The molecule has 0 saturated heterocycles. The third-order valence-corrected chi connectivity index (χ3v) is 2.79. The van der Waals surface area contributed by atoms with Gasteiger partial charge in [0.15, 0.2) is 5.75 Å². The monoisotopic (exact) mass is 281 g/mol. The summed E-state index contributed by atoms with van der Waals surface area (Å²) >= 11 is 0. The maximum absolute atomic E-state index is 5.62.